The second-order valence-corrected chi connectivity index (χ2v) is 3.67. The monoisotopic (exact) mass is 202 g/mol. The van der Waals surface area contributed by atoms with Gasteiger partial charge in [-0.15, -0.1) is 0 Å². The molecule has 0 unspecified atom stereocenters. The van der Waals surface area contributed by atoms with Crippen LogP contribution in [0.2, 0.25) is 0 Å². The summed E-state index contributed by atoms with van der Waals surface area (Å²) in [5, 5.41) is 2.89. The fourth-order valence-corrected chi connectivity index (χ4v) is 1.63. The van der Waals surface area contributed by atoms with Crippen LogP contribution in [0.3, 0.4) is 0 Å². The van der Waals surface area contributed by atoms with Gasteiger partial charge >= 0.3 is 0 Å². The van der Waals surface area contributed by atoms with Gasteiger partial charge in [0.15, 0.2) is 0 Å². The van der Waals surface area contributed by atoms with Gasteiger partial charge in [-0.2, -0.15) is 0 Å². The standard InChI is InChI=1S/C12H14N2O/c13-10-7-4-8-11(14-12(10)15)9-5-2-1-3-6-9/h1-6,8,10-11H,7,13H2,(H,14,15)/t10-,11-/m0/s1. The zero-order chi connectivity index (χ0) is 10.7. The molecule has 0 saturated carbocycles. The number of amides is 1. The molecule has 15 heavy (non-hydrogen) atoms. The molecule has 0 radical (unpaired) electrons. The molecule has 0 saturated heterocycles. The van der Waals surface area contributed by atoms with Crippen molar-refractivity contribution in [2.24, 2.45) is 5.73 Å². The third-order valence-corrected chi connectivity index (χ3v) is 2.51. The molecule has 1 aliphatic heterocycles. The summed E-state index contributed by atoms with van der Waals surface area (Å²) in [5.74, 6) is -0.0890. The van der Waals surface area contributed by atoms with Crippen molar-refractivity contribution in [3.05, 3.63) is 48.0 Å². The minimum atomic E-state index is -0.421. The SMILES string of the molecule is N[C@H]1CC=C[C@@H](c2ccccc2)NC1=O. The van der Waals surface area contributed by atoms with E-state index in [1.807, 2.05) is 42.5 Å². The molecule has 3 nitrogen and oxygen atoms in total. The second-order valence-electron chi connectivity index (χ2n) is 3.67. The van der Waals surface area contributed by atoms with Crippen molar-refractivity contribution in [3.63, 3.8) is 0 Å². The molecule has 1 aromatic rings. The van der Waals surface area contributed by atoms with E-state index in [1.165, 1.54) is 0 Å². The Morgan fingerprint density at radius 3 is 2.73 bits per heavy atom. The maximum absolute atomic E-state index is 11.5. The summed E-state index contributed by atoms with van der Waals surface area (Å²) in [6.07, 6.45) is 4.55. The molecule has 3 heteroatoms. The highest BCUT2D eigenvalue weighted by Gasteiger charge is 2.19. The van der Waals surface area contributed by atoms with Crippen molar-refractivity contribution in [3.8, 4) is 0 Å². The van der Waals surface area contributed by atoms with Gasteiger partial charge in [-0.3, -0.25) is 4.79 Å². The van der Waals surface area contributed by atoms with Gasteiger partial charge in [0.2, 0.25) is 5.91 Å². The lowest BCUT2D eigenvalue weighted by Crippen LogP contribution is -2.40. The molecular weight excluding hydrogens is 188 g/mol. The molecule has 1 amide bonds. The summed E-state index contributed by atoms with van der Waals surface area (Å²) >= 11 is 0. The van der Waals surface area contributed by atoms with E-state index in [-0.39, 0.29) is 11.9 Å². The van der Waals surface area contributed by atoms with Crippen LogP contribution in [0.15, 0.2) is 42.5 Å². The minimum absolute atomic E-state index is 0.0488. The van der Waals surface area contributed by atoms with Crippen molar-refractivity contribution in [1.29, 1.82) is 0 Å². The topological polar surface area (TPSA) is 55.1 Å². The Bertz CT molecular complexity index is 372. The normalized spacial score (nSPS) is 25.8. The van der Waals surface area contributed by atoms with Gasteiger partial charge < -0.3 is 11.1 Å². The van der Waals surface area contributed by atoms with Crippen LogP contribution in [0.5, 0.6) is 0 Å². The van der Waals surface area contributed by atoms with Crippen LogP contribution < -0.4 is 11.1 Å². The molecule has 3 N–H and O–H groups in total. The molecule has 2 atom stereocenters. The molecule has 0 aliphatic carbocycles. The van der Waals surface area contributed by atoms with Gasteiger partial charge in [-0.05, 0) is 12.0 Å². The predicted octanol–water partition coefficient (Wildman–Crippen LogP) is 1.13. The number of hydrogen-bond donors (Lipinski definition) is 2. The molecule has 0 fully saturated rings. The Labute approximate surface area is 89.0 Å². The fraction of sp³-hybridized carbons (Fsp3) is 0.250. The first-order valence-electron chi connectivity index (χ1n) is 5.05. The Balaban J connectivity index is 2.20. The number of nitrogens with two attached hydrogens (primary N) is 1. The van der Waals surface area contributed by atoms with Crippen molar-refractivity contribution in [2.75, 3.05) is 0 Å². The Hall–Kier alpha value is -1.61. The summed E-state index contributed by atoms with van der Waals surface area (Å²) in [4.78, 5) is 11.5. The van der Waals surface area contributed by atoms with E-state index in [0.717, 1.165) is 5.56 Å². The average molecular weight is 202 g/mol. The molecule has 78 valence electrons. The summed E-state index contributed by atoms with van der Waals surface area (Å²) in [7, 11) is 0. The van der Waals surface area contributed by atoms with Crippen molar-refractivity contribution in [2.45, 2.75) is 18.5 Å². The van der Waals surface area contributed by atoms with Crippen LogP contribution in [0.25, 0.3) is 0 Å². The first-order chi connectivity index (χ1) is 7.27. The highest BCUT2D eigenvalue weighted by Crippen LogP contribution is 2.16. The third-order valence-electron chi connectivity index (χ3n) is 2.51. The largest absolute Gasteiger partial charge is 0.344 e. The van der Waals surface area contributed by atoms with Crippen LogP contribution in [-0.4, -0.2) is 11.9 Å². The van der Waals surface area contributed by atoms with Gasteiger partial charge in [-0.25, -0.2) is 0 Å². The van der Waals surface area contributed by atoms with Crippen LogP contribution >= 0.6 is 0 Å². The van der Waals surface area contributed by atoms with E-state index >= 15 is 0 Å². The van der Waals surface area contributed by atoms with E-state index in [1.54, 1.807) is 0 Å². The van der Waals surface area contributed by atoms with E-state index in [9.17, 15) is 4.79 Å². The summed E-state index contributed by atoms with van der Waals surface area (Å²) < 4.78 is 0. The molecule has 1 aliphatic rings. The van der Waals surface area contributed by atoms with Crippen molar-refractivity contribution < 1.29 is 4.79 Å². The number of carbonyl (C=O) groups excluding carboxylic acids is 1. The first-order valence-corrected chi connectivity index (χ1v) is 5.05. The Morgan fingerprint density at radius 2 is 2.00 bits per heavy atom. The van der Waals surface area contributed by atoms with E-state index in [4.69, 9.17) is 5.73 Å². The number of nitrogens with one attached hydrogen (secondary N) is 1. The Morgan fingerprint density at radius 1 is 1.27 bits per heavy atom. The van der Waals surface area contributed by atoms with E-state index < -0.39 is 6.04 Å². The van der Waals surface area contributed by atoms with Gasteiger partial charge in [0.1, 0.15) is 0 Å². The molecule has 0 bridgehead atoms. The zero-order valence-electron chi connectivity index (χ0n) is 8.39. The van der Waals surface area contributed by atoms with Gasteiger partial charge in [0, 0.05) is 0 Å². The summed E-state index contributed by atoms with van der Waals surface area (Å²) in [6, 6.07) is 9.39. The third kappa shape index (κ3) is 2.25. The van der Waals surface area contributed by atoms with Gasteiger partial charge in [0.05, 0.1) is 12.1 Å². The molecule has 1 heterocycles. The lowest BCUT2D eigenvalue weighted by molar-refractivity contribution is -0.122. The highest BCUT2D eigenvalue weighted by atomic mass is 16.2. The molecular formula is C12H14N2O. The second kappa shape index (κ2) is 4.28. The molecule has 0 aromatic heterocycles. The molecule has 2 rings (SSSR count). The van der Waals surface area contributed by atoms with Crippen molar-refractivity contribution >= 4 is 5.91 Å². The smallest absolute Gasteiger partial charge is 0.237 e. The predicted molar refractivity (Wildman–Crippen MR) is 59.1 cm³/mol. The fourth-order valence-electron chi connectivity index (χ4n) is 1.63. The van der Waals surface area contributed by atoms with Crippen LogP contribution in [0.1, 0.15) is 18.0 Å². The summed E-state index contributed by atoms with van der Waals surface area (Å²) in [6.45, 7) is 0. The van der Waals surface area contributed by atoms with Gasteiger partial charge in [0.25, 0.3) is 0 Å². The number of hydrogen-bond acceptors (Lipinski definition) is 2. The maximum atomic E-state index is 11.5. The van der Waals surface area contributed by atoms with Crippen LogP contribution in [0, 0.1) is 0 Å². The average Bonchev–Trinajstić information content (AvgIpc) is 2.43. The minimum Gasteiger partial charge on any atom is -0.344 e. The molecule has 1 aromatic carbocycles. The first kappa shape index (κ1) is 9.93. The lowest BCUT2D eigenvalue weighted by Gasteiger charge is -2.15. The van der Waals surface area contributed by atoms with Crippen LogP contribution in [0.4, 0.5) is 0 Å². The number of carbonyl (C=O) groups is 1. The quantitative estimate of drug-likeness (QED) is 0.671. The summed E-state index contributed by atoms with van der Waals surface area (Å²) in [5.41, 5.74) is 6.74. The maximum Gasteiger partial charge on any atom is 0.237 e. The lowest BCUT2D eigenvalue weighted by atomic mass is 10.1. The zero-order valence-corrected chi connectivity index (χ0v) is 8.39. The molecule has 0 spiro atoms. The van der Waals surface area contributed by atoms with E-state index in [2.05, 4.69) is 5.32 Å². The van der Waals surface area contributed by atoms with Crippen molar-refractivity contribution in [1.82, 2.24) is 5.32 Å². The van der Waals surface area contributed by atoms with E-state index in [0.29, 0.717) is 6.42 Å². The Kier molecular flexibility index (Phi) is 2.83. The highest BCUT2D eigenvalue weighted by molar-refractivity contribution is 5.82. The number of benzene rings is 1. The van der Waals surface area contributed by atoms with Crippen LogP contribution in [-0.2, 0) is 4.79 Å². The van der Waals surface area contributed by atoms with Gasteiger partial charge in [-0.1, -0.05) is 42.5 Å². The number of rotatable bonds is 1.